The van der Waals surface area contributed by atoms with Crippen LogP contribution < -0.4 is 10.7 Å². The number of hydrogen-bond donors (Lipinski definition) is 0. The van der Waals surface area contributed by atoms with E-state index in [9.17, 15) is 0 Å². The topological polar surface area (TPSA) is 72.3 Å². The van der Waals surface area contributed by atoms with E-state index in [2.05, 4.69) is 22.1 Å². The highest BCUT2D eigenvalue weighted by Crippen LogP contribution is 2.19. The summed E-state index contributed by atoms with van der Waals surface area (Å²) in [6.45, 7) is 0. The highest BCUT2D eigenvalue weighted by molar-refractivity contribution is 5.34. The summed E-state index contributed by atoms with van der Waals surface area (Å²) >= 11 is 0. The van der Waals surface area contributed by atoms with Gasteiger partial charge in [-0.25, -0.2) is 0 Å². The molecule has 1 atom stereocenters. The van der Waals surface area contributed by atoms with Gasteiger partial charge in [-0.05, 0) is 35.9 Å². The molecule has 2 aromatic carbocycles. The van der Waals surface area contributed by atoms with Crippen molar-refractivity contribution in [1.29, 1.82) is 10.5 Å². The summed E-state index contributed by atoms with van der Waals surface area (Å²) in [6, 6.07) is 16.7. The van der Waals surface area contributed by atoms with Crippen molar-refractivity contribution in [3.63, 3.8) is 0 Å². The van der Waals surface area contributed by atoms with Crippen molar-refractivity contribution in [2.75, 3.05) is 0 Å². The lowest BCUT2D eigenvalue weighted by Crippen LogP contribution is -2.21. The summed E-state index contributed by atoms with van der Waals surface area (Å²) < 4.78 is 0. The molecule has 1 unspecified atom stereocenters. The van der Waals surface area contributed by atoms with Crippen LogP contribution in [-0.4, -0.2) is 0 Å². The van der Waals surface area contributed by atoms with Gasteiger partial charge < -0.3 is 0 Å². The maximum absolute atomic E-state index is 8.86. The van der Waals surface area contributed by atoms with Crippen LogP contribution >= 0.6 is 0 Å². The lowest BCUT2D eigenvalue weighted by Gasteiger charge is -2.03. The first-order valence-corrected chi connectivity index (χ1v) is 5.76. The van der Waals surface area contributed by atoms with E-state index in [-0.39, 0.29) is 6.17 Å². The van der Waals surface area contributed by atoms with E-state index >= 15 is 0 Å². The average molecular weight is 244 g/mol. The normalized spacial score (nSPS) is 15.6. The van der Waals surface area contributed by atoms with Gasteiger partial charge in [-0.15, -0.1) is 0 Å². The molecule has 0 aromatic heterocycles. The minimum Gasteiger partial charge on any atom is -0.252 e. The number of rotatable bonds is 1. The minimum atomic E-state index is -0.281. The molecule has 0 amide bonds. The first kappa shape index (κ1) is 11.1. The van der Waals surface area contributed by atoms with Crippen molar-refractivity contribution in [3.8, 4) is 12.1 Å². The predicted molar refractivity (Wildman–Crippen MR) is 67.4 cm³/mol. The van der Waals surface area contributed by atoms with Gasteiger partial charge in [0.2, 0.25) is 0 Å². The third-order valence-electron chi connectivity index (χ3n) is 2.97. The van der Waals surface area contributed by atoms with E-state index in [4.69, 9.17) is 10.5 Å². The van der Waals surface area contributed by atoms with Crippen LogP contribution in [0.4, 0.5) is 0 Å². The van der Waals surface area contributed by atoms with Gasteiger partial charge in [-0.3, -0.25) is 9.98 Å². The van der Waals surface area contributed by atoms with Crippen LogP contribution in [0.3, 0.4) is 0 Å². The lowest BCUT2D eigenvalue weighted by atomic mass is 10.1. The molecule has 2 aromatic rings. The summed E-state index contributed by atoms with van der Waals surface area (Å²) in [7, 11) is 0. The molecule has 1 heterocycles. The first-order valence-electron chi connectivity index (χ1n) is 5.76. The Hall–Kier alpha value is -2.98. The van der Waals surface area contributed by atoms with Crippen molar-refractivity contribution in [2.24, 2.45) is 9.98 Å². The Labute approximate surface area is 109 Å². The van der Waals surface area contributed by atoms with E-state index in [0.29, 0.717) is 11.1 Å². The van der Waals surface area contributed by atoms with Crippen LogP contribution in [0, 0.1) is 22.7 Å². The number of hydrogen-bond acceptors (Lipinski definition) is 4. The fourth-order valence-electron chi connectivity index (χ4n) is 1.98. The van der Waals surface area contributed by atoms with Gasteiger partial charge in [-0.1, -0.05) is 12.1 Å². The Morgan fingerprint density at radius 3 is 2.11 bits per heavy atom. The molecular formula is C15H8N4. The highest BCUT2D eigenvalue weighted by atomic mass is 15.0. The summed E-state index contributed by atoms with van der Waals surface area (Å²) in [4.78, 5) is 8.98. The fourth-order valence-corrected chi connectivity index (χ4v) is 1.98. The standard InChI is InChI=1S/C15H8N4/c16-8-10-1-4-12(5-2-10)15-18-13-6-3-11(9-17)7-14(13)19-15/h1-7,15H. The second kappa shape index (κ2) is 4.36. The van der Waals surface area contributed by atoms with Gasteiger partial charge >= 0.3 is 0 Å². The molecule has 0 spiro atoms. The van der Waals surface area contributed by atoms with Crippen LogP contribution in [0.25, 0.3) is 0 Å². The zero-order chi connectivity index (χ0) is 13.2. The Morgan fingerprint density at radius 1 is 0.789 bits per heavy atom. The van der Waals surface area contributed by atoms with Gasteiger partial charge in [-0.2, -0.15) is 10.5 Å². The third-order valence-corrected chi connectivity index (χ3v) is 2.97. The van der Waals surface area contributed by atoms with Crippen LogP contribution in [-0.2, 0) is 0 Å². The molecule has 0 fully saturated rings. The second-order valence-electron chi connectivity index (χ2n) is 4.18. The van der Waals surface area contributed by atoms with Crippen molar-refractivity contribution < 1.29 is 0 Å². The molecule has 19 heavy (non-hydrogen) atoms. The zero-order valence-corrected chi connectivity index (χ0v) is 9.91. The summed E-state index contributed by atoms with van der Waals surface area (Å²) in [6.07, 6.45) is -0.281. The average Bonchev–Trinajstić information content (AvgIpc) is 2.90. The Kier molecular flexibility index (Phi) is 2.55. The molecule has 1 aliphatic rings. The fraction of sp³-hybridized carbons (Fsp3) is 0.0667. The number of nitriles is 2. The SMILES string of the molecule is N#Cc1ccc(C2N=c3ccc(C#N)cc3=N2)cc1. The van der Waals surface area contributed by atoms with E-state index in [1.807, 2.05) is 12.1 Å². The minimum absolute atomic E-state index is 0.281. The third kappa shape index (κ3) is 1.96. The van der Waals surface area contributed by atoms with E-state index in [1.165, 1.54) is 0 Å². The highest BCUT2D eigenvalue weighted by Gasteiger charge is 2.12. The molecule has 0 saturated carbocycles. The Bertz CT molecular complexity index is 836. The molecule has 3 rings (SSSR count). The van der Waals surface area contributed by atoms with Gasteiger partial charge in [0.15, 0.2) is 6.17 Å². The van der Waals surface area contributed by atoms with Crippen molar-refractivity contribution in [1.82, 2.24) is 0 Å². The van der Waals surface area contributed by atoms with Crippen LogP contribution in [0.5, 0.6) is 0 Å². The molecule has 0 bridgehead atoms. The number of nitrogens with zero attached hydrogens (tertiary/aromatic N) is 4. The summed E-state index contributed by atoms with van der Waals surface area (Å²) in [5, 5.41) is 19.2. The second-order valence-corrected chi connectivity index (χ2v) is 4.18. The molecule has 0 saturated heterocycles. The largest absolute Gasteiger partial charge is 0.252 e. The van der Waals surface area contributed by atoms with E-state index in [1.54, 1.807) is 30.3 Å². The van der Waals surface area contributed by atoms with Crippen molar-refractivity contribution >= 4 is 0 Å². The molecule has 0 radical (unpaired) electrons. The predicted octanol–water partition coefficient (Wildman–Crippen LogP) is 1.38. The van der Waals surface area contributed by atoms with E-state index < -0.39 is 0 Å². The van der Waals surface area contributed by atoms with Gasteiger partial charge in [0, 0.05) is 0 Å². The van der Waals surface area contributed by atoms with Crippen LogP contribution in [0.2, 0.25) is 0 Å². The Morgan fingerprint density at radius 2 is 1.42 bits per heavy atom. The number of benzene rings is 2. The molecule has 88 valence electrons. The number of fused-ring (bicyclic) bond motifs is 1. The molecular weight excluding hydrogens is 236 g/mol. The van der Waals surface area contributed by atoms with Gasteiger partial charge in [0.25, 0.3) is 0 Å². The summed E-state index contributed by atoms with van der Waals surface area (Å²) in [5.74, 6) is 0. The maximum atomic E-state index is 8.86. The molecule has 0 N–H and O–H groups in total. The molecule has 4 heteroatoms. The first-order chi connectivity index (χ1) is 9.30. The van der Waals surface area contributed by atoms with E-state index in [0.717, 1.165) is 16.3 Å². The summed E-state index contributed by atoms with van der Waals surface area (Å²) in [5.41, 5.74) is 2.14. The monoisotopic (exact) mass is 244 g/mol. The quantitative estimate of drug-likeness (QED) is 0.760. The van der Waals surface area contributed by atoms with Crippen LogP contribution in [0.15, 0.2) is 52.4 Å². The van der Waals surface area contributed by atoms with Gasteiger partial charge in [0.1, 0.15) is 0 Å². The van der Waals surface area contributed by atoms with Crippen molar-refractivity contribution in [2.45, 2.75) is 6.17 Å². The molecule has 4 nitrogen and oxygen atoms in total. The van der Waals surface area contributed by atoms with Crippen molar-refractivity contribution in [3.05, 3.63) is 69.9 Å². The Balaban J connectivity index is 2.03. The zero-order valence-electron chi connectivity index (χ0n) is 9.91. The maximum Gasteiger partial charge on any atom is 0.166 e. The smallest absolute Gasteiger partial charge is 0.166 e. The lowest BCUT2D eigenvalue weighted by molar-refractivity contribution is 0.771. The molecule has 0 aliphatic carbocycles. The van der Waals surface area contributed by atoms with Crippen LogP contribution in [0.1, 0.15) is 22.9 Å². The molecule has 1 aliphatic heterocycles. The van der Waals surface area contributed by atoms with Gasteiger partial charge in [0.05, 0.1) is 34.0 Å².